The van der Waals surface area contributed by atoms with Gasteiger partial charge in [0.05, 0.1) is 38.2 Å². The summed E-state index contributed by atoms with van der Waals surface area (Å²) in [5.74, 6) is -0.277. The molecule has 8 heteroatoms. The van der Waals surface area contributed by atoms with Gasteiger partial charge in [-0.15, -0.1) is 0 Å². The number of rotatable bonds is 15. The van der Waals surface area contributed by atoms with Gasteiger partial charge >= 0.3 is 0 Å². The molecule has 0 aromatic carbocycles. The Morgan fingerprint density at radius 3 is 2.30 bits per heavy atom. The van der Waals surface area contributed by atoms with E-state index in [4.69, 9.17) is 9.47 Å². The van der Waals surface area contributed by atoms with Gasteiger partial charge in [-0.1, -0.05) is 13.8 Å². The maximum atomic E-state index is 13.4. The predicted octanol–water partition coefficient (Wildman–Crippen LogP) is 0.380. The van der Waals surface area contributed by atoms with Crippen molar-refractivity contribution in [3.63, 3.8) is 0 Å². The van der Waals surface area contributed by atoms with Gasteiger partial charge in [0.1, 0.15) is 6.17 Å². The molecule has 0 radical (unpaired) electrons. The Morgan fingerprint density at radius 1 is 1.09 bits per heavy atom. The van der Waals surface area contributed by atoms with Crippen molar-refractivity contribution in [3.8, 4) is 0 Å². The van der Waals surface area contributed by atoms with Crippen molar-refractivity contribution in [2.45, 2.75) is 38.2 Å². The first-order valence-electron chi connectivity index (χ1n) is 8.13. The van der Waals surface area contributed by atoms with Crippen molar-refractivity contribution < 1.29 is 18.7 Å². The highest BCUT2D eigenvalue weighted by molar-refractivity contribution is 7.81. The Morgan fingerprint density at radius 2 is 1.70 bits per heavy atom. The van der Waals surface area contributed by atoms with Gasteiger partial charge in [-0.2, -0.15) is 12.6 Å². The summed E-state index contributed by atoms with van der Waals surface area (Å²) in [6.45, 7) is 9.73. The lowest BCUT2D eigenvalue weighted by atomic mass is 10.3. The molecule has 3 N–H and O–H groups in total. The third-order valence-corrected chi connectivity index (χ3v) is 3.06. The Bertz CT molecular complexity index is 297. The molecule has 23 heavy (non-hydrogen) atoms. The zero-order valence-electron chi connectivity index (χ0n) is 14.4. The topological polar surface area (TPSA) is 71.6 Å². The number of hydrogen-bond donors (Lipinski definition) is 4. The summed E-state index contributed by atoms with van der Waals surface area (Å²) >= 11 is 3.96. The quantitative estimate of drug-likeness (QED) is 0.253. The third kappa shape index (κ3) is 16.2. The molecule has 0 heterocycles. The van der Waals surface area contributed by atoms with Crippen LogP contribution in [0, 0.1) is 0 Å². The Labute approximate surface area is 144 Å². The molecule has 1 amide bonds. The number of carbonyl (C=O) groups excluding carboxylic acids is 1. The minimum absolute atomic E-state index is 0.0275. The molecule has 0 aliphatic rings. The second kappa shape index (κ2) is 15.1. The van der Waals surface area contributed by atoms with E-state index in [1.807, 2.05) is 0 Å². The molecule has 0 fully saturated rings. The Hall–Kier alpha value is -0.410. The van der Waals surface area contributed by atoms with Crippen LogP contribution < -0.4 is 16.0 Å². The first kappa shape index (κ1) is 22.6. The SMILES string of the molecule is CC(C)NCCOCCNCCOCC(F)CNC(=O)C(C)S. The smallest absolute Gasteiger partial charge is 0.232 e. The first-order valence-corrected chi connectivity index (χ1v) is 8.64. The molecule has 0 rings (SSSR count). The van der Waals surface area contributed by atoms with Crippen LogP contribution in [0.1, 0.15) is 20.8 Å². The van der Waals surface area contributed by atoms with E-state index in [0.717, 1.165) is 13.1 Å². The number of alkyl halides is 1. The summed E-state index contributed by atoms with van der Waals surface area (Å²) in [7, 11) is 0. The van der Waals surface area contributed by atoms with Crippen molar-refractivity contribution in [1.82, 2.24) is 16.0 Å². The van der Waals surface area contributed by atoms with E-state index in [0.29, 0.717) is 32.4 Å². The van der Waals surface area contributed by atoms with Crippen LogP contribution in [-0.2, 0) is 14.3 Å². The average Bonchev–Trinajstić information content (AvgIpc) is 2.49. The van der Waals surface area contributed by atoms with Crippen LogP contribution in [-0.4, -0.2) is 76.0 Å². The lowest BCUT2D eigenvalue weighted by Crippen LogP contribution is -2.36. The normalized spacial score (nSPS) is 14.0. The van der Waals surface area contributed by atoms with Crippen LogP contribution in [0.25, 0.3) is 0 Å². The van der Waals surface area contributed by atoms with Crippen LogP contribution in [0.3, 0.4) is 0 Å². The third-order valence-electron chi connectivity index (χ3n) is 2.82. The second-order valence-electron chi connectivity index (χ2n) is 5.56. The molecule has 0 saturated heterocycles. The standard InChI is InChI=1S/C15H32FN3O3S/c1-12(2)18-6-9-21-7-4-17-5-8-22-11-14(16)10-19-15(20)13(3)23/h12-14,17-18,23H,4-11H2,1-3H3,(H,19,20). The van der Waals surface area contributed by atoms with Gasteiger partial charge in [0.2, 0.25) is 5.91 Å². The van der Waals surface area contributed by atoms with Gasteiger partial charge in [-0.3, -0.25) is 4.79 Å². The molecular weight excluding hydrogens is 321 g/mol. The lowest BCUT2D eigenvalue weighted by Gasteiger charge is -2.12. The number of nitrogens with one attached hydrogen (secondary N) is 3. The molecule has 2 atom stereocenters. The highest BCUT2D eigenvalue weighted by Gasteiger charge is 2.11. The summed E-state index contributed by atoms with van der Waals surface area (Å²) < 4.78 is 24.1. The van der Waals surface area contributed by atoms with E-state index in [-0.39, 0.29) is 19.1 Å². The van der Waals surface area contributed by atoms with Crippen molar-refractivity contribution in [2.24, 2.45) is 0 Å². The molecule has 0 saturated carbocycles. The van der Waals surface area contributed by atoms with Gasteiger partial charge in [0.25, 0.3) is 0 Å². The molecule has 0 aliphatic carbocycles. The summed E-state index contributed by atoms with van der Waals surface area (Å²) in [6, 6.07) is 0.475. The molecule has 2 unspecified atom stereocenters. The highest BCUT2D eigenvalue weighted by Crippen LogP contribution is 1.94. The average molecular weight is 354 g/mol. The fourth-order valence-electron chi connectivity index (χ4n) is 1.56. The molecule has 6 nitrogen and oxygen atoms in total. The summed E-state index contributed by atoms with van der Waals surface area (Å²) in [5, 5.41) is 8.45. The predicted molar refractivity (Wildman–Crippen MR) is 94.0 cm³/mol. The molecule has 0 spiro atoms. The molecule has 0 bridgehead atoms. The van der Waals surface area contributed by atoms with Crippen LogP contribution in [0.5, 0.6) is 0 Å². The van der Waals surface area contributed by atoms with Crippen molar-refractivity contribution in [2.75, 3.05) is 52.6 Å². The van der Waals surface area contributed by atoms with E-state index in [9.17, 15) is 9.18 Å². The van der Waals surface area contributed by atoms with E-state index in [2.05, 4.69) is 42.4 Å². The van der Waals surface area contributed by atoms with Crippen LogP contribution in [0.2, 0.25) is 0 Å². The number of hydrogen-bond acceptors (Lipinski definition) is 6. The van der Waals surface area contributed by atoms with Gasteiger partial charge in [0, 0.05) is 25.7 Å². The summed E-state index contributed by atoms with van der Waals surface area (Å²) in [5.41, 5.74) is 0. The maximum Gasteiger partial charge on any atom is 0.232 e. The van der Waals surface area contributed by atoms with E-state index < -0.39 is 11.4 Å². The number of ether oxygens (including phenoxy) is 2. The molecule has 0 aliphatic heterocycles. The van der Waals surface area contributed by atoms with Crippen LogP contribution in [0.15, 0.2) is 0 Å². The molecular formula is C15H32FN3O3S. The van der Waals surface area contributed by atoms with Gasteiger partial charge < -0.3 is 25.4 Å². The second-order valence-corrected chi connectivity index (χ2v) is 6.34. The monoisotopic (exact) mass is 353 g/mol. The fraction of sp³-hybridized carbons (Fsp3) is 0.933. The van der Waals surface area contributed by atoms with Gasteiger partial charge in [-0.25, -0.2) is 4.39 Å². The van der Waals surface area contributed by atoms with Crippen molar-refractivity contribution >= 4 is 18.5 Å². The van der Waals surface area contributed by atoms with Crippen LogP contribution in [0.4, 0.5) is 4.39 Å². The molecule has 138 valence electrons. The Balaban J connectivity index is 3.25. The van der Waals surface area contributed by atoms with Gasteiger partial charge in [0.15, 0.2) is 0 Å². The van der Waals surface area contributed by atoms with E-state index in [1.54, 1.807) is 6.92 Å². The number of amides is 1. The zero-order chi connectivity index (χ0) is 17.5. The van der Waals surface area contributed by atoms with Crippen molar-refractivity contribution in [1.29, 1.82) is 0 Å². The molecule has 0 aromatic heterocycles. The first-order chi connectivity index (χ1) is 10.9. The number of carbonyl (C=O) groups is 1. The largest absolute Gasteiger partial charge is 0.379 e. The highest BCUT2D eigenvalue weighted by atomic mass is 32.1. The minimum atomic E-state index is -1.21. The van der Waals surface area contributed by atoms with Crippen molar-refractivity contribution in [3.05, 3.63) is 0 Å². The Kier molecular flexibility index (Phi) is 14.9. The molecule has 0 aromatic rings. The van der Waals surface area contributed by atoms with E-state index >= 15 is 0 Å². The number of halogens is 1. The van der Waals surface area contributed by atoms with E-state index in [1.165, 1.54) is 0 Å². The number of thiol groups is 1. The summed E-state index contributed by atoms with van der Waals surface area (Å²) in [6.07, 6.45) is -1.21. The summed E-state index contributed by atoms with van der Waals surface area (Å²) in [4.78, 5) is 11.2. The maximum absolute atomic E-state index is 13.4. The zero-order valence-corrected chi connectivity index (χ0v) is 15.3. The fourth-order valence-corrected chi connectivity index (χ4v) is 1.66. The van der Waals surface area contributed by atoms with Crippen LogP contribution >= 0.6 is 12.6 Å². The van der Waals surface area contributed by atoms with Gasteiger partial charge in [-0.05, 0) is 6.92 Å². The minimum Gasteiger partial charge on any atom is -0.379 e. The lowest BCUT2D eigenvalue weighted by molar-refractivity contribution is -0.120.